The van der Waals surface area contributed by atoms with E-state index in [-0.39, 0.29) is 5.92 Å². The number of hydrogen-bond acceptors (Lipinski definition) is 3. The Kier molecular flexibility index (Phi) is 11.4. The van der Waals surface area contributed by atoms with Gasteiger partial charge < -0.3 is 15.4 Å². The average Bonchev–Trinajstić information content (AvgIpc) is 2.69. The summed E-state index contributed by atoms with van der Waals surface area (Å²) in [7, 11) is 3.78. The molecule has 0 radical (unpaired) electrons. The zero-order valence-electron chi connectivity index (χ0n) is 17.9. The molecule has 2 fully saturated rings. The van der Waals surface area contributed by atoms with Gasteiger partial charge in [0.15, 0.2) is 0 Å². The molecule has 0 heterocycles. The lowest BCUT2D eigenvalue weighted by molar-refractivity contribution is -0.127. The van der Waals surface area contributed by atoms with E-state index in [9.17, 15) is 4.79 Å². The van der Waals surface area contributed by atoms with E-state index >= 15 is 0 Å². The van der Waals surface area contributed by atoms with E-state index in [2.05, 4.69) is 10.6 Å². The van der Waals surface area contributed by atoms with Crippen molar-refractivity contribution in [2.75, 3.05) is 27.3 Å². The van der Waals surface area contributed by atoms with Crippen molar-refractivity contribution in [3.8, 4) is 0 Å². The highest BCUT2D eigenvalue weighted by atomic mass is 16.5. The van der Waals surface area contributed by atoms with E-state index in [0.29, 0.717) is 11.9 Å². The summed E-state index contributed by atoms with van der Waals surface area (Å²) in [6.45, 7) is 1.78. The highest BCUT2D eigenvalue weighted by molar-refractivity contribution is 5.79. The Bertz CT molecular complexity index is 396. The van der Waals surface area contributed by atoms with Crippen LogP contribution >= 0.6 is 0 Å². The van der Waals surface area contributed by atoms with Crippen molar-refractivity contribution in [1.82, 2.24) is 10.6 Å². The standard InChI is InChI=1S/C23H44N2O2/c1-24-18-22(17-20-11-5-3-6-12-20)25-23(26)21-14-9-13-19(16-21)10-7-4-8-15-27-2/h19-22,24H,3-18H2,1-2H3,(H,25,26)/t19-,21?,22+/m1/s1. The molecule has 0 bridgehead atoms. The van der Waals surface area contributed by atoms with E-state index in [4.69, 9.17) is 4.74 Å². The Morgan fingerprint density at radius 3 is 2.52 bits per heavy atom. The van der Waals surface area contributed by atoms with Crippen LogP contribution in [0, 0.1) is 17.8 Å². The van der Waals surface area contributed by atoms with Gasteiger partial charge in [-0.15, -0.1) is 0 Å². The molecule has 0 aromatic carbocycles. The Balaban J connectivity index is 1.72. The number of ether oxygens (including phenoxy) is 1. The van der Waals surface area contributed by atoms with Crippen LogP contribution in [0.25, 0.3) is 0 Å². The van der Waals surface area contributed by atoms with Gasteiger partial charge in [-0.1, -0.05) is 64.2 Å². The van der Waals surface area contributed by atoms with Crippen molar-refractivity contribution in [2.45, 2.75) is 95.9 Å². The highest BCUT2D eigenvalue weighted by Crippen LogP contribution is 2.33. The Labute approximate surface area is 167 Å². The number of carbonyl (C=O) groups excluding carboxylic acids is 1. The molecule has 0 aliphatic heterocycles. The van der Waals surface area contributed by atoms with Crippen molar-refractivity contribution < 1.29 is 9.53 Å². The molecule has 0 saturated heterocycles. The molecule has 2 rings (SSSR count). The quantitative estimate of drug-likeness (QED) is 0.484. The molecule has 27 heavy (non-hydrogen) atoms. The van der Waals surface area contributed by atoms with E-state index in [1.807, 2.05) is 7.05 Å². The number of nitrogens with one attached hydrogen (secondary N) is 2. The summed E-state index contributed by atoms with van der Waals surface area (Å²) in [5.74, 6) is 2.13. The van der Waals surface area contributed by atoms with Gasteiger partial charge in [0.2, 0.25) is 5.91 Å². The van der Waals surface area contributed by atoms with Crippen LogP contribution in [0.3, 0.4) is 0 Å². The van der Waals surface area contributed by atoms with Crippen LogP contribution in [0.2, 0.25) is 0 Å². The second kappa shape index (κ2) is 13.5. The van der Waals surface area contributed by atoms with Gasteiger partial charge in [0.05, 0.1) is 0 Å². The van der Waals surface area contributed by atoms with E-state index in [1.165, 1.54) is 70.6 Å². The zero-order chi connectivity index (χ0) is 19.3. The smallest absolute Gasteiger partial charge is 0.223 e. The minimum Gasteiger partial charge on any atom is -0.385 e. The van der Waals surface area contributed by atoms with Gasteiger partial charge in [-0.2, -0.15) is 0 Å². The number of rotatable bonds is 12. The van der Waals surface area contributed by atoms with Gasteiger partial charge in [0, 0.05) is 32.2 Å². The molecular weight excluding hydrogens is 336 g/mol. The minimum absolute atomic E-state index is 0.244. The summed E-state index contributed by atoms with van der Waals surface area (Å²) < 4.78 is 5.14. The molecule has 2 aliphatic rings. The maximum atomic E-state index is 12.9. The van der Waals surface area contributed by atoms with Gasteiger partial charge in [-0.25, -0.2) is 0 Å². The third kappa shape index (κ3) is 8.95. The largest absolute Gasteiger partial charge is 0.385 e. The maximum absolute atomic E-state index is 12.9. The average molecular weight is 381 g/mol. The van der Waals surface area contributed by atoms with Crippen molar-refractivity contribution in [3.63, 3.8) is 0 Å². The van der Waals surface area contributed by atoms with E-state index in [0.717, 1.165) is 44.2 Å². The summed E-state index contributed by atoms with van der Waals surface area (Å²) in [5, 5.41) is 6.72. The second-order valence-corrected chi connectivity index (χ2v) is 9.07. The Hall–Kier alpha value is -0.610. The lowest BCUT2D eigenvalue weighted by Gasteiger charge is -2.31. The second-order valence-electron chi connectivity index (χ2n) is 9.07. The first-order valence-electron chi connectivity index (χ1n) is 11.7. The zero-order valence-corrected chi connectivity index (χ0v) is 17.9. The van der Waals surface area contributed by atoms with Crippen LogP contribution < -0.4 is 10.6 Å². The minimum atomic E-state index is 0.244. The molecule has 0 spiro atoms. The lowest BCUT2D eigenvalue weighted by atomic mass is 9.78. The van der Waals surface area contributed by atoms with Crippen molar-refractivity contribution in [3.05, 3.63) is 0 Å². The van der Waals surface area contributed by atoms with Crippen molar-refractivity contribution in [2.24, 2.45) is 17.8 Å². The summed E-state index contributed by atoms with van der Waals surface area (Å²) in [4.78, 5) is 12.9. The maximum Gasteiger partial charge on any atom is 0.223 e. The van der Waals surface area contributed by atoms with Gasteiger partial charge in [-0.3, -0.25) is 4.79 Å². The van der Waals surface area contributed by atoms with Gasteiger partial charge in [0.1, 0.15) is 0 Å². The third-order valence-electron chi connectivity index (χ3n) is 6.75. The third-order valence-corrected chi connectivity index (χ3v) is 6.75. The summed E-state index contributed by atoms with van der Waals surface area (Å²) in [6.07, 6.45) is 17.7. The summed E-state index contributed by atoms with van der Waals surface area (Å²) >= 11 is 0. The number of amides is 1. The fourth-order valence-corrected chi connectivity index (χ4v) is 5.23. The van der Waals surface area contributed by atoms with E-state index in [1.54, 1.807) is 7.11 Å². The predicted molar refractivity (Wildman–Crippen MR) is 113 cm³/mol. The van der Waals surface area contributed by atoms with Crippen LogP contribution in [0.1, 0.15) is 89.9 Å². The van der Waals surface area contributed by atoms with Crippen molar-refractivity contribution >= 4 is 5.91 Å². The number of hydrogen-bond donors (Lipinski definition) is 2. The molecule has 3 atom stereocenters. The first-order valence-corrected chi connectivity index (χ1v) is 11.7. The van der Waals surface area contributed by atoms with Crippen LogP contribution in [0.15, 0.2) is 0 Å². The molecule has 0 aromatic rings. The molecule has 2 aliphatic carbocycles. The van der Waals surface area contributed by atoms with Crippen LogP contribution in [0.4, 0.5) is 0 Å². The van der Waals surface area contributed by atoms with Crippen molar-refractivity contribution in [1.29, 1.82) is 0 Å². The van der Waals surface area contributed by atoms with E-state index < -0.39 is 0 Å². The fourth-order valence-electron chi connectivity index (χ4n) is 5.23. The molecule has 4 nitrogen and oxygen atoms in total. The number of likely N-dealkylation sites (N-methyl/N-ethyl adjacent to an activating group) is 1. The highest BCUT2D eigenvalue weighted by Gasteiger charge is 2.29. The molecular formula is C23H44N2O2. The number of methoxy groups -OCH3 is 1. The van der Waals surface area contributed by atoms with Crippen LogP contribution in [-0.4, -0.2) is 39.3 Å². The molecule has 2 N–H and O–H groups in total. The van der Waals surface area contributed by atoms with Gasteiger partial charge >= 0.3 is 0 Å². The Morgan fingerprint density at radius 2 is 1.78 bits per heavy atom. The topological polar surface area (TPSA) is 50.4 Å². The fraction of sp³-hybridized carbons (Fsp3) is 0.957. The van der Waals surface area contributed by atoms with Gasteiger partial charge in [-0.05, 0) is 44.6 Å². The summed E-state index contributed by atoms with van der Waals surface area (Å²) in [5.41, 5.74) is 0. The summed E-state index contributed by atoms with van der Waals surface area (Å²) in [6, 6.07) is 0.306. The molecule has 2 saturated carbocycles. The Morgan fingerprint density at radius 1 is 1.00 bits per heavy atom. The monoisotopic (exact) mass is 380 g/mol. The molecule has 1 unspecified atom stereocenters. The first kappa shape index (κ1) is 22.7. The lowest BCUT2D eigenvalue weighted by Crippen LogP contribution is -2.45. The molecule has 4 heteroatoms. The number of carbonyl (C=O) groups is 1. The normalized spacial score (nSPS) is 25.3. The van der Waals surface area contributed by atoms with Gasteiger partial charge in [0.25, 0.3) is 0 Å². The molecule has 1 amide bonds. The SMILES string of the molecule is CNC[C@H](CC1CCCCC1)NC(=O)C1CCC[C@@H](CCCCCOC)C1. The molecule has 0 aromatic heterocycles. The first-order chi connectivity index (χ1) is 13.2. The predicted octanol–water partition coefficient (Wildman–Crippen LogP) is 4.67. The van der Waals surface area contributed by atoms with Crippen LogP contribution in [0.5, 0.6) is 0 Å². The number of unbranched alkanes of at least 4 members (excludes halogenated alkanes) is 2. The van der Waals surface area contributed by atoms with Crippen LogP contribution in [-0.2, 0) is 9.53 Å². The molecule has 158 valence electrons.